The van der Waals surface area contributed by atoms with Crippen LogP contribution >= 0.6 is 15.9 Å². The molecule has 0 atom stereocenters. The van der Waals surface area contributed by atoms with Crippen molar-refractivity contribution < 1.29 is 4.79 Å². The van der Waals surface area contributed by atoms with E-state index < -0.39 is 0 Å². The predicted molar refractivity (Wildman–Crippen MR) is 77.9 cm³/mol. The second kappa shape index (κ2) is 6.13. The fourth-order valence-corrected chi connectivity index (χ4v) is 2.23. The molecule has 0 saturated heterocycles. The molecule has 1 heterocycles. The number of hydrogen-bond donors (Lipinski definition) is 1. The fourth-order valence-electron chi connectivity index (χ4n) is 1.96. The van der Waals surface area contributed by atoms with Gasteiger partial charge in [0.1, 0.15) is 6.54 Å². The van der Waals surface area contributed by atoms with E-state index in [0.29, 0.717) is 0 Å². The van der Waals surface area contributed by atoms with Crippen molar-refractivity contribution in [1.82, 2.24) is 25.5 Å². The lowest BCUT2D eigenvalue weighted by molar-refractivity contribution is -0.123. The lowest BCUT2D eigenvalue weighted by Crippen LogP contribution is -2.46. The molecule has 0 spiro atoms. The lowest BCUT2D eigenvalue weighted by atomic mass is 9.95. The Morgan fingerprint density at radius 1 is 1.35 bits per heavy atom. The number of tetrazole rings is 1. The molecule has 1 aromatic heterocycles. The van der Waals surface area contributed by atoms with Crippen LogP contribution in [0, 0.1) is 0 Å². The van der Waals surface area contributed by atoms with E-state index in [-0.39, 0.29) is 18.0 Å². The van der Waals surface area contributed by atoms with Crippen LogP contribution in [-0.4, -0.2) is 31.7 Å². The van der Waals surface area contributed by atoms with E-state index in [1.54, 1.807) is 0 Å². The average Bonchev–Trinajstić information content (AvgIpc) is 2.83. The normalized spacial score (nSPS) is 11.3. The Kier molecular flexibility index (Phi) is 4.49. The number of hydrogen-bond acceptors (Lipinski definition) is 4. The van der Waals surface area contributed by atoms with Crippen LogP contribution in [0.1, 0.15) is 19.4 Å². The number of aromatic nitrogens is 4. The standard InChI is InChI=1S/C13H16BrN5O/c1-13(2,7-10-3-5-11(14)6-4-10)17-12(20)8-19-16-9-15-18-19/h3-6,9H,7-8H2,1-2H3,(H,17,20). The minimum absolute atomic E-state index is 0.0732. The number of carbonyl (C=O) groups excluding carboxylic acids is 1. The van der Waals surface area contributed by atoms with Crippen LogP contribution in [0.15, 0.2) is 35.1 Å². The van der Waals surface area contributed by atoms with Crippen LogP contribution in [0.5, 0.6) is 0 Å². The molecule has 1 N–H and O–H groups in total. The monoisotopic (exact) mass is 337 g/mol. The molecule has 20 heavy (non-hydrogen) atoms. The first-order chi connectivity index (χ1) is 9.44. The summed E-state index contributed by atoms with van der Waals surface area (Å²) >= 11 is 3.41. The van der Waals surface area contributed by atoms with Crippen molar-refractivity contribution in [2.45, 2.75) is 32.4 Å². The van der Waals surface area contributed by atoms with Gasteiger partial charge in [0.15, 0.2) is 6.33 Å². The summed E-state index contributed by atoms with van der Waals surface area (Å²) in [6.07, 6.45) is 2.05. The molecule has 0 radical (unpaired) electrons. The van der Waals surface area contributed by atoms with Crippen molar-refractivity contribution in [3.05, 3.63) is 40.6 Å². The van der Waals surface area contributed by atoms with Gasteiger partial charge in [-0.3, -0.25) is 4.79 Å². The summed E-state index contributed by atoms with van der Waals surface area (Å²) in [7, 11) is 0. The summed E-state index contributed by atoms with van der Waals surface area (Å²) in [6, 6.07) is 8.06. The molecule has 0 unspecified atom stereocenters. The molecule has 0 saturated carbocycles. The minimum atomic E-state index is -0.342. The molecule has 6 nitrogen and oxygen atoms in total. The van der Waals surface area contributed by atoms with Gasteiger partial charge in [-0.1, -0.05) is 28.1 Å². The van der Waals surface area contributed by atoms with Gasteiger partial charge in [-0.15, -0.1) is 10.2 Å². The van der Waals surface area contributed by atoms with E-state index in [1.165, 1.54) is 11.1 Å². The zero-order valence-corrected chi connectivity index (χ0v) is 13.0. The van der Waals surface area contributed by atoms with Gasteiger partial charge < -0.3 is 5.32 Å². The molecule has 0 fully saturated rings. The zero-order chi connectivity index (χ0) is 14.6. The lowest BCUT2D eigenvalue weighted by Gasteiger charge is -2.26. The third-order valence-electron chi connectivity index (χ3n) is 2.71. The number of benzene rings is 1. The molecule has 2 rings (SSSR count). The molecule has 0 aliphatic rings. The average molecular weight is 338 g/mol. The maximum Gasteiger partial charge on any atom is 0.244 e. The SMILES string of the molecule is CC(C)(Cc1ccc(Br)cc1)NC(=O)Cn1ncnn1. The molecule has 0 aliphatic heterocycles. The first kappa shape index (κ1) is 14.6. The van der Waals surface area contributed by atoms with Crippen molar-refractivity contribution in [3.8, 4) is 0 Å². The Morgan fingerprint density at radius 3 is 2.65 bits per heavy atom. The molecule has 2 aromatic rings. The van der Waals surface area contributed by atoms with Gasteiger partial charge in [0.05, 0.1) is 0 Å². The van der Waals surface area contributed by atoms with Crippen LogP contribution in [0.2, 0.25) is 0 Å². The summed E-state index contributed by atoms with van der Waals surface area (Å²) < 4.78 is 1.04. The van der Waals surface area contributed by atoms with E-state index >= 15 is 0 Å². The van der Waals surface area contributed by atoms with Gasteiger partial charge in [0.2, 0.25) is 5.91 Å². The van der Waals surface area contributed by atoms with Crippen molar-refractivity contribution in [1.29, 1.82) is 0 Å². The topological polar surface area (TPSA) is 72.7 Å². The number of amides is 1. The largest absolute Gasteiger partial charge is 0.349 e. The Bertz CT molecular complexity index is 565. The molecule has 106 valence electrons. The summed E-state index contributed by atoms with van der Waals surface area (Å²) in [5, 5.41) is 14.0. The highest BCUT2D eigenvalue weighted by Crippen LogP contribution is 2.16. The van der Waals surface area contributed by atoms with Crippen LogP contribution in [0.4, 0.5) is 0 Å². The number of carbonyl (C=O) groups is 1. The minimum Gasteiger partial charge on any atom is -0.349 e. The Labute approximate surface area is 125 Å². The number of nitrogens with one attached hydrogen (secondary N) is 1. The van der Waals surface area contributed by atoms with Gasteiger partial charge in [0.25, 0.3) is 0 Å². The van der Waals surface area contributed by atoms with Gasteiger partial charge in [-0.25, -0.2) is 0 Å². The van der Waals surface area contributed by atoms with E-state index in [0.717, 1.165) is 16.5 Å². The summed E-state index contributed by atoms with van der Waals surface area (Å²) in [4.78, 5) is 13.2. The van der Waals surface area contributed by atoms with Crippen molar-refractivity contribution >= 4 is 21.8 Å². The van der Waals surface area contributed by atoms with E-state index in [1.807, 2.05) is 38.1 Å². The smallest absolute Gasteiger partial charge is 0.244 e. The van der Waals surface area contributed by atoms with Crippen LogP contribution in [0.3, 0.4) is 0 Å². The Morgan fingerprint density at radius 2 is 2.05 bits per heavy atom. The van der Waals surface area contributed by atoms with Crippen molar-refractivity contribution in [3.63, 3.8) is 0 Å². The molecular formula is C13H16BrN5O. The molecule has 1 amide bonds. The first-order valence-corrected chi connectivity index (χ1v) is 7.00. The third-order valence-corrected chi connectivity index (χ3v) is 3.24. The highest BCUT2D eigenvalue weighted by molar-refractivity contribution is 9.10. The molecular weight excluding hydrogens is 322 g/mol. The van der Waals surface area contributed by atoms with Gasteiger partial charge in [0, 0.05) is 10.0 Å². The Balaban J connectivity index is 1.92. The summed E-state index contributed by atoms with van der Waals surface area (Å²) in [5.41, 5.74) is 0.822. The number of halogens is 1. The van der Waals surface area contributed by atoms with Gasteiger partial charge in [-0.2, -0.15) is 4.80 Å². The van der Waals surface area contributed by atoms with E-state index in [4.69, 9.17) is 0 Å². The van der Waals surface area contributed by atoms with Gasteiger partial charge >= 0.3 is 0 Å². The van der Waals surface area contributed by atoms with E-state index in [9.17, 15) is 4.79 Å². The summed E-state index contributed by atoms with van der Waals surface area (Å²) in [5.74, 6) is -0.134. The van der Waals surface area contributed by atoms with Gasteiger partial charge in [-0.05, 0) is 43.2 Å². The summed E-state index contributed by atoms with van der Waals surface area (Å²) in [6.45, 7) is 4.05. The van der Waals surface area contributed by atoms with Crippen LogP contribution < -0.4 is 5.32 Å². The second-order valence-corrected chi connectivity index (χ2v) is 6.12. The predicted octanol–water partition coefficient (Wildman–Crippen LogP) is 1.57. The molecule has 0 aliphatic carbocycles. The quantitative estimate of drug-likeness (QED) is 0.898. The van der Waals surface area contributed by atoms with Crippen molar-refractivity contribution in [2.75, 3.05) is 0 Å². The Hall–Kier alpha value is -1.76. The van der Waals surface area contributed by atoms with E-state index in [2.05, 4.69) is 36.7 Å². The molecule has 1 aromatic carbocycles. The maximum atomic E-state index is 11.9. The number of rotatable bonds is 5. The number of nitrogens with zero attached hydrogens (tertiary/aromatic N) is 4. The zero-order valence-electron chi connectivity index (χ0n) is 11.4. The third kappa shape index (κ3) is 4.41. The molecule has 7 heteroatoms. The first-order valence-electron chi connectivity index (χ1n) is 6.21. The second-order valence-electron chi connectivity index (χ2n) is 5.20. The van der Waals surface area contributed by atoms with Crippen LogP contribution in [0.25, 0.3) is 0 Å². The fraction of sp³-hybridized carbons (Fsp3) is 0.385. The maximum absolute atomic E-state index is 11.9. The van der Waals surface area contributed by atoms with Crippen LogP contribution in [-0.2, 0) is 17.8 Å². The molecule has 0 bridgehead atoms. The highest BCUT2D eigenvalue weighted by atomic mass is 79.9. The van der Waals surface area contributed by atoms with Crippen molar-refractivity contribution in [2.24, 2.45) is 0 Å². The highest BCUT2D eigenvalue weighted by Gasteiger charge is 2.21.